The van der Waals surface area contributed by atoms with Gasteiger partial charge in [0.2, 0.25) is 11.8 Å². The Bertz CT molecular complexity index is 868. The van der Waals surface area contributed by atoms with E-state index in [1.807, 2.05) is 30.5 Å². The highest BCUT2D eigenvalue weighted by Gasteiger charge is 2.11. The van der Waals surface area contributed by atoms with E-state index in [9.17, 15) is 4.79 Å². The molecule has 8 heteroatoms. The third-order valence-electron chi connectivity index (χ3n) is 3.18. The minimum atomic E-state index is -0.130. The lowest BCUT2D eigenvalue weighted by atomic mass is 10.2. The van der Waals surface area contributed by atoms with Gasteiger partial charge in [0.25, 0.3) is 5.22 Å². The van der Waals surface area contributed by atoms with Gasteiger partial charge in [0.15, 0.2) is 0 Å². The van der Waals surface area contributed by atoms with Crippen molar-refractivity contribution < 1.29 is 9.21 Å². The van der Waals surface area contributed by atoms with Crippen molar-refractivity contribution in [3.63, 3.8) is 0 Å². The first kappa shape index (κ1) is 17.8. The van der Waals surface area contributed by atoms with Crippen LogP contribution in [0.25, 0.3) is 11.5 Å². The summed E-state index contributed by atoms with van der Waals surface area (Å²) in [4.78, 5) is 13.1. The third-order valence-corrected chi connectivity index (χ3v) is 4.97. The van der Waals surface area contributed by atoms with E-state index in [0.717, 1.165) is 16.1 Å². The van der Waals surface area contributed by atoms with Crippen molar-refractivity contribution in [2.45, 2.75) is 10.1 Å². The maximum atomic E-state index is 12.1. The van der Waals surface area contributed by atoms with Crippen molar-refractivity contribution >= 4 is 46.7 Å². The molecule has 0 saturated carbocycles. The average molecular weight is 392 g/mol. The van der Waals surface area contributed by atoms with E-state index in [4.69, 9.17) is 16.0 Å². The summed E-state index contributed by atoms with van der Waals surface area (Å²) >= 11 is 8.67. The van der Waals surface area contributed by atoms with Crippen LogP contribution in [0, 0.1) is 0 Å². The number of thioether (sulfide) groups is 2. The fraction of sp³-hybridized carbons (Fsp3) is 0.118. The van der Waals surface area contributed by atoms with Gasteiger partial charge in [-0.15, -0.1) is 22.0 Å². The predicted molar refractivity (Wildman–Crippen MR) is 102 cm³/mol. The summed E-state index contributed by atoms with van der Waals surface area (Å²) in [5, 5.41) is 11.8. The summed E-state index contributed by atoms with van der Waals surface area (Å²) in [5.41, 5.74) is 1.55. The summed E-state index contributed by atoms with van der Waals surface area (Å²) < 4.78 is 5.56. The predicted octanol–water partition coefficient (Wildman–Crippen LogP) is 4.84. The number of hydrogen-bond donors (Lipinski definition) is 1. The molecule has 0 radical (unpaired) electrons. The van der Waals surface area contributed by atoms with Crippen LogP contribution in [0.15, 0.2) is 63.1 Å². The molecule has 0 unspecified atom stereocenters. The van der Waals surface area contributed by atoms with Gasteiger partial charge in [-0.2, -0.15) is 0 Å². The molecule has 3 aromatic rings. The number of carbonyl (C=O) groups is 1. The molecule has 0 spiro atoms. The van der Waals surface area contributed by atoms with E-state index in [1.54, 1.807) is 36.0 Å². The van der Waals surface area contributed by atoms with Gasteiger partial charge in [-0.3, -0.25) is 4.79 Å². The molecule has 0 aliphatic rings. The number of nitrogens with zero attached hydrogens (tertiary/aromatic N) is 2. The second kappa shape index (κ2) is 8.42. The Hall–Kier alpha value is -1.96. The smallest absolute Gasteiger partial charge is 0.277 e. The number of hydrogen-bond acceptors (Lipinski definition) is 6. The van der Waals surface area contributed by atoms with Crippen molar-refractivity contribution in [1.82, 2.24) is 10.2 Å². The molecule has 0 aliphatic heterocycles. The van der Waals surface area contributed by atoms with E-state index < -0.39 is 0 Å². The molecule has 0 bridgehead atoms. The minimum Gasteiger partial charge on any atom is -0.411 e. The van der Waals surface area contributed by atoms with Crippen molar-refractivity contribution in [3.8, 4) is 11.5 Å². The zero-order valence-electron chi connectivity index (χ0n) is 13.2. The highest BCUT2D eigenvalue weighted by Crippen LogP contribution is 2.25. The Morgan fingerprint density at radius 2 is 2.00 bits per heavy atom. The van der Waals surface area contributed by atoms with Crippen LogP contribution in [0.4, 0.5) is 5.69 Å². The molecule has 0 saturated heterocycles. The molecule has 128 valence electrons. The summed E-state index contributed by atoms with van der Waals surface area (Å²) in [6.45, 7) is 0. The molecule has 0 fully saturated rings. The molecule has 1 amide bonds. The molecule has 3 rings (SSSR count). The van der Waals surface area contributed by atoms with Gasteiger partial charge in [0.05, 0.1) is 5.75 Å². The van der Waals surface area contributed by atoms with Crippen LogP contribution in [0.5, 0.6) is 0 Å². The number of rotatable bonds is 6. The highest BCUT2D eigenvalue weighted by atomic mass is 35.5. The normalized spacial score (nSPS) is 10.6. The van der Waals surface area contributed by atoms with E-state index >= 15 is 0 Å². The van der Waals surface area contributed by atoms with Gasteiger partial charge in [-0.1, -0.05) is 29.4 Å². The van der Waals surface area contributed by atoms with Crippen molar-refractivity contribution in [2.24, 2.45) is 0 Å². The number of benzene rings is 2. The lowest BCUT2D eigenvalue weighted by Gasteiger charge is -2.05. The maximum absolute atomic E-state index is 12.1. The number of anilines is 1. The Morgan fingerprint density at radius 3 is 2.76 bits per heavy atom. The van der Waals surface area contributed by atoms with E-state index in [1.165, 1.54) is 11.8 Å². The van der Waals surface area contributed by atoms with Gasteiger partial charge in [-0.25, -0.2) is 0 Å². The van der Waals surface area contributed by atoms with Gasteiger partial charge in [0, 0.05) is 21.2 Å². The lowest BCUT2D eigenvalue weighted by Crippen LogP contribution is -2.13. The first-order valence-corrected chi connectivity index (χ1v) is 9.89. The topological polar surface area (TPSA) is 68.0 Å². The van der Waals surface area contributed by atoms with Crippen LogP contribution in [-0.4, -0.2) is 28.1 Å². The fourth-order valence-electron chi connectivity index (χ4n) is 2.00. The van der Waals surface area contributed by atoms with Gasteiger partial charge >= 0.3 is 0 Å². The van der Waals surface area contributed by atoms with Crippen LogP contribution in [-0.2, 0) is 4.79 Å². The number of amides is 1. The minimum absolute atomic E-state index is 0.130. The van der Waals surface area contributed by atoms with Crippen molar-refractivity contribution in [2.75, 3.05) is 17.3 Å². The van der Waals surface area contributed by atoms with Crippen LogP contribution < -0.4 is 5.32 Å². The lowest BCUT2D eigenvalue weighted by molar-refractivity contribution is -0.113. The molecule has 0 aliphatic carbocycles. The SMILES string of the molecule is CSc1cccc(NC(=O)CSc2nnc(-c3ccc(Cl)cc3)o2)c1. The highest BCUT2D eigenvalue weighted by molar-refractivity contribution is 7.99. The molecule has 5 nitrogen and oxygen atoms in total. The monoisotopic (exact) mass is 391 g/mol. The van der Waals surface area contributed by atoms with Crippen LogP contribution in [0.2, 0.25) is 5.02 Å². The van der Waals surface area contributed by atoms with Gasteiger partial charge in [-0.05, 0) is 48.7 Å². The Balaban J connectivity index is 1.56. The molecule has 25 heavy (non-hydrogen) atoms. The first-order valence-electron chi connectivity index (χ1n) is 7.30. The molecule has 1 N–H and O–H groups in total. The second-order valence-electron chi connectivity index (χ2n) is 4.95. The first-order chi connectivity index (χ1) is 12.1. The fourth-order valence-corrected chi connectivity index (χ4v) is 3.15. The molecule has 1 aromatic heterocycles. The molecule has 1 heterocycles. The van der Waals surface area contributed by atoms with Gasteiger partial charge in [0.1, 0.15) is 0 Å². The standard InChI is InChI=1S/C17H14ClN3O2S2/c1-24-14-4-2-3-13(9-14)19-15(22)10-25-17-21-20-16(23-17)11-5-7-12(18)8-6-11/h2-9H,10H2,1H3,(H,19,22). The number of aromatic nitrogens is 2. The Kier molecular flexibility index (Phi) is 6.01. The van der Waals surface area contributed by atoms with E-state index in [2.05, 4.69) is 15.5 Å². The second-order valence-corrected chi connectivity index (χ2v) is 7.19. The van der Waals surface area contributed by atoms with E-state index in [-0.39, 0.29) is 11.7 Å². The Morgan fingerprint density at radius 1 is 1.20 bits per heavy atom. The quantitative estimate of drug-likeness (QED) is 0.606. The zero-order chi connectivity index (χ0) is 17.6. The molecular formula is C17H14ClN3O2S2. The summed E-state index contributed by atoms with van der Waals surface area (Å²) in [6, 6.07) is 14.8. The maximum Gasteiger partial charge on any atom is 0.277 e. The summed E-state index contributed by atoms with van der Waals surface area (Å²) in [7, 11) is 0. The van der Waals surface area contributed by atoms with Gasteiger partial charge < -0.3 is 9.73 Å². The van der Waals surface area contributed by atoms with E-state index in [0.29, 0.717) is 16.1 Å². The van der Waals surface area contributed by atoms with Crippen molar-refractivity contribution in [1.29, 1.82) is 0 Å². The van der Waals surface area contributed by atoms with Crippen LogP contribution >= 0.6 is 35.1 Å². The molecule has 0 atom stereocenters. The van der Waals surface area contributed by atoms with Crippen molar-refractivity contribution in [3.05, 3.63) is 53.6 Å². The van der Waals surface area contributed by atoms with Crippen LogP contribution in [0.1, 0.15) is 0 Å². The summed E-state index contributed by atoms with van der Waals surface area (Å²) in [5.74, 6) is 0.452. The number of halogens is 1. The molecular weight excluding hydrogens is 378 g/mol. The molecule has 2 aromatic carbocycles. The summed E-state index contributed by atoms with van der Waals surface area (Å²) in [6.07, 6.45) is 1.99. The van der Waals surface area contributed by atoms with Crippen LogP contribution in [0.3, 0.4) is 0 Å². The average Bonchev–Trinajstić information content (AvgIpc) is 3.10. The number of carbonyl (C=O) groups excluding carboxylic acids is 1. The Labute approximate surface area is 158 Å². The third kappa shape index (κ3) is 5.01. The zero-order valence-corrected chi connectivity index (χ0v) is 15.6. The largest absolute Gasteiger partial charge is 0.411 e. The number of nitrogens with one attached hydrogen (secondary N) is 1.